The van der Waals surface area contributed by atoms with Gasteiger partial charge >= 0.3 is 18.0 Å². The topological polar surface area (TPSA) is 93.7 Å². The Morgan fingerprint density at radius 1 is 0.963 bits per heavy atom. The van der Waals surface area contributed by atoms with Crippen molar-refractivity contribution in [3.05, 3.63) is 77.0 Å². The highest BCUT2D eigenvalue weighted by Gasteiger charge is 2.33. The number of allylic oxidation sites excluding steroid dienone is 1. The molecule has 0 radical (unpaired) electrons. The summed E-state index contributed by atoms with van der Waals surface area (Å²) in [6.07, 6.45) is 0. The third kappa shape index (κ3) is 3.82. The van der Waals surface area contributed by atoms with Gasteiger partial charge in [-0.2, -0.15) is 0 Å². The summed E-state index contributed by atoms with van der Waals surface area (Å²) in [5.74, 6) is -0.884. The highest BCUT2D eigenvalue weighted by molar-refractivity contribution is 5.95. The summed E-state index contributed by atoms with van der Waals surface area (Å²) < 4.78 is 10.4. The number of amides is 2. The Labute approximate surface area is 156 Å². The molecular formula is C20H18N2O5. The maximum absolute atomic E-state index is 12.4. The lowest BCUT2D eigenvalue weighted by Crippen LogP contribution is -2.45. The van der Waals surface area contributed by atoms with Crippen molar-refractivity contribution in [2.45, 2.75) is 13.0 Å². The molecule has 138 valence electrons. The lowest BCUT2D eigenvalue weighted by Gasteiger charge is -2.28. The summed E-state index contributed by atoms with van der Waals surface area (Å²) in [4.78, 5) is 36.6. The molecule has 0 fully saturated rings. The molecule has 0 bridgehead atoms. The van der Waals surface area contributed by atoms with Crippen LogP contribution in [0.2, 0.25) is 0 Å². The fourth-order valence-corrected chi connectivity index (χ4v) is 2.85. The smallest absolute Gasteiger partial charge is 0.343 e. The Hall–Kier alpha value is -3.61. The molecule has 0 saturated heterocycles. The van der Waals surface area contributed by atoms with Gasteiger partial charge < -0.3 is 20.1 Å². The average Bonchev–Trinajstić information content (AvgIpc) is 2.68. The molecule has 0 aromatic heterocycles. The molecule has 1 unspecified atom stereocenters. The molecule has 3 rings (SSSR count). The maximum Gasteiger partial charge on any atom is 0.343 e. The third-order valence-electron chi connectivity index (χ3n) is 4.12. The SMILES string of the molecule is COC(=O)C1=C(C)NC(=O)NC1c1ccccc1OC(=O)c1ccccc1. The van der Waals surface area contributed by atoms with Gasteiger partial charge in [-0.3, -0.25) is 0 Å². The van der Waals surface area contributed by atoms with Crippen molar-refractivity contribution in [1.29, 1.82) is 0 Å². The number of urea groups is 1. The molecule has 2 amide bonds. The van der Waals surface area contributed by atoms with Crippen LogP contribution in [-0.2, 0) is 9.53 Å². The van der Waals surface area contributed by atoms with E-state index in [2.05, 4.69) is 10.6 Å². The molecule has 2 N–H and O–H groups in total. The predicted octanol–water partition coefficient (Wildman–Crippen LogP) is 2.71. The standard InChI is InChI=1S/C20H18N2O5/c1-12-16(19(24)26-2)17(22-20(25)21-12)14-10-6-7-11-15(14)27-18(23)13-8-4-3-5-9-13/h3-11,17H,1-2H3,(H2,21,22,25). The van der Waals surface area contributed by atoms with Gasteiger partial charge in [0.2, 0.25) is 0 Å². The first-order valence-electron chi connectivity index (χ1n) is 8.24. The minimum atomic E-state index is -0.814. The zero-order valence-electron chi connectivity index (χ0n) is 14.8. The number of methoxy groups -OCH3 is 1. The fraction of sp³-hybridized carbons (Fsp3) is 0.150. The van der Waals surface area contributed by atoms with Gasteiger partial charge in [-0.1, -0.05) is 36.4 Å². The number of ether oxygens (including phenoxy) is 2. The van der Waals surface area contributed by atoms with E-state index in [4.69, 9.17) is 9.47 Å². The molecule has 7 heteroatoms. The molecule has 2 aromatic rings. The van der Waals surface area contributed by atoms with Gasteiger partial charge in [0.25, 0.3) is 0 Å². The van der Waals surface area contributed by atoms with Gasteiger partial charge in [-0.05, 0) is 25.1 Å². The lowest BCUT2D eigenvalue weighted by molar-refractivity contribution is -0.136. The number of nitrogens with one attached hydrogen (secondary N) is 2. The zero-order valence-corrected chi connectivity index (χ0v) is 14.8. The normalized spacial score (nSPS) is 16.2. The monoisotopic (exact) mass is 366 g/mol. The largest absolute Gasteiger partial charge is 0.466 e. The molecule has 0 spiro atoms. The number of esters is 2. The first kappa shape index (κ1) is 18.2. The third-order valence-corrected chi connectivity index (χ3v) is 4.12. The second-order valence-electron chi connectivity index (χ2n) is 5.86. The van der Waals surface area contributed by atoms with Crippen molar-refractivity contribution in [3.8, 4) is 5.75 Å². The van der Waals surface area contributed by atoms with Crippen molar-refractivity contribution in [1.82, 2.24) is 10.6 Å². The number of carbonyl (C=O) groups is 3. The van der Waals surface area contributed by atoms with E-state index >= 15 is 0 Å². The van der Waals surface area contributed by atoms with E-state index in [-0.39, 0.29) is 11.3 Å². The molecule has 1 aliphatic heterocycles. The van der Waals surface area contributed by atoms with Crippen molar-refractivity contribution in [2.24, 2.45) is 0 Å². The van der Waals surface area contributed by atoms with Crippen LogP contribution in [0.3, 0.4) is 0 Å². The predicted molar refractivity (Wildman–Crippen MR) is 97.0 cm³/mol. The van der Waals surface area contributed by atoms with E-state index < -0.39 is 24.0 Å². The fourth-order valence-electron chi connectivity index (χ4n) is 2.85. The number of carbonyl (C=O) groups excluding carboxylic acids is 3. The first-order valence-corrected chi connectivity index (χ1v) is 8.24. The average molecular weight is 366 g/mol. The van der Waals surface area contributed by atoms with Crippen molar-refractivity contribution in [3.63, 3.8) is 0 Å². The van der Waals surface area contributed by atoms with Crippen molar-refractivity contribution in [2.75, 3.05) is 7.11 Å². The number of para-hydroxylation sites is 1. The molecule has 7 nitrogen and oxygen atoms in total. The molecule has 1 heterocycles. The van der Waals surface area contributed by atoms with Gasteiger partial charge in [0.1, 0.15) is 5.75 Å². The molecular weight excluding hydrogens is 348 g/mol. The van der Waals surface area contributed by atoms with E-state index in [1.807, 2.05) is 0 Å². The molecule has 0 saturated carbocycles. The molecule has 2 aromatic carbocycles. The Kier molecular flexibility index (Phi) is 5.21. The van der Waals surface area contributed by atoms with E-state index in [9.17, 15) is 14.4 Å². The van der Waals surface area contributed by atoms with E-state index in [0.717, 1.165) is 0 Å². The number of benzene rings is 2. The summed E-state index contributed by atoms with van der Waals surface area (Å²) in [5, 5.41) is 5.23. The van der Waals surface area contributed by atoms with Crippen LogP contribution >= 0.6 is 0 Å². The molecule has 0 aliphatic carbocycles. The summed E-state index contributed by atoms with van der Waals surface area (Å²) in [6, 6.07) is 14.0. The van der Waals surface area contributed by atoms with Crippen LogP contribution in [0.25, 0.3) is 0 Å². The lowest BCUT2D eigenvalue weighted by atomic mass is 9.95. The van der Waals surface area contributed by atoms with Crippen LogP contribution in [0.4, 0.5) is 4.79 Å². The van der Waals surface area contributed by atoms with Gasteiger partial charge in [-0.25, -0.2) is 14.4 Å². The van der Waals surface area contributed by atoms with Crippen molar-refractivity contribution < 1.29 is 23.9 Å². The van der Waals surface area contributed by atoms with Crippen molar-refractivity contribution >= 4 is 18.0 Å². The summed E-state index contributed by atoms with van der Waals surface area (Å²) >= 11 is 0. The van der Waals surface area contributed by atoms with Gasteiger partial charge in [0.05, 0.1) is 24.3 Å². The van der Waals surface area contributed by atoms with E-state index in [1.54, 1.807) is 61.5 Å². The minimum absolute atomic E-state index is 0.236. The van der Waals surface area contributed by atoms with Crippen LogP contribution < -0.4 is 15.4 Å². The summed E-state index contributed by atoms with van der Waals surface area (Å²) in [5.41, 5.74) is 1.47. The van der Waals surface area contributed by atoms with Crippen LogP contribution in [0.1, 0.15) is 28.9 Å². The van der Waals surface area contributed by atoms with Gasteiger partial charge in [0.15, 0.2) is 0 Å². The highest BCUT2D eigenvalue weighted by atomic mass is 16.5. The van der Waals surface area contributed by atoms with Crippen LogP contribution in [-0.4, -0.2) is 25.1 Å². The second-order valence-corrected chi connectivity index (χ2v) is 5.86. The van der Waals surface area contributed by atoms with Gasteiger partial charge in [0, 0.05) is 11.3 Å². The molecule has 1 aliphatic rings. The van der Waals surface area contributed by atoms with Crippen LogP contribution in [0.5, 0.6) is 5.75 Å². The Morgan fingerprint density at radius 2 is 1.63 bits per heavy atom. The molecule has 27 heavy (non-hydrogen) atoms. The van der Waals surface area contributed by atoms with Crippen LogP contribution in [0.15, 0.2) is 65.9 Å². The maximum atomic E-state index is 12.4. The minimum Gasteiger partial charge on any atom is -0.466 e. The second kappa shape index (κ2) is 7.74. The zero-order chi connectivity index (χ0) is 19.4. The van der Waals surface area contributed by atoms with Crippen LogP contribution in [0, 0.1) is 0 Å². The summed E-state index contributed by atoms with van der Waals surface area (Å²) in [6.45, 7) is 1.61. The number of hydrogen-bond donors (Lipinski definition) is 2. The number of rotatable bonds is 4. The summed E-state index contributed by atoms with van der Waals surface area (Å²) in [7, 11) is 1.26. The van der Waals surface area contributed by atoms with E-state index in [0.29, 0.717) is 16.8 Å². The highest BCUT2D eigenvalue weighted by Crippen LogP contribution is 2.33. The Bertz CT molecular complexity index is 921. The Balaban J connectivity index is 1.99. The molecule has 1 atom stereocenters. The first-order chi connectivity index (χ1) is 13.0. The number of hydrogen-bond acceptors (Lipinski definition) is 5. The quantitative estimate of drug-likeness (QED) is 0.641. The Morgan fingerprint density at radius 3 is 2.33 bits per heavy atom. The van der Waals surface area contributed by atoms with E-state index in [1.165, 1.54) is 7.11 Å². The van der Waals surface area contributed by atoms with Gasteiger partial charge in [-0.15, -0.1) is 0 Å².